The molecule has 0 amide bonds. The van der Waals surface area contributed by atoms with Crippen LogP contribution in [0.1, 0.15) is 34.8 Å². The molecule has 1 aromatic carbocycles. The number of carbonyl (C=O) groups is 1. The summed E-state index contributed by atoms with van der Waals surface area (Å²) in [6.45, 7) is 1.12. The van der Waals surface area contributed by atoms with Gasteiger partial charge in [0.1, 0.15) is 6.07 Å². The van der Waals surface area contributed by atoms with Crippen LogP contribution >= 0.6 is 11.6 Å². The molecule has 0 bridgehead atoms. The van der Waals surface area contributed by atoms with Crippen LogP contribution in [0.3, 0.4) is 0 Å². The fraction of sp³-hybridized carbons (Fsp3) is 0.200. The molecule has 1 rings (SSSR count). The molecule has 5 heteroatoms. The Morgan fingerprint density at radius 1 is 1.53 bits per heavy atom. The number of carbonyl (C=O) groups excluding carboxylic acids is 1. The molecule has 0 aliphatic rings. The van der Waals surface area contributed by atoms with E-state index in [0.717, 1.165) is 13.0 Å². The molecule has 0 saturated heterocycles. The van der Waals surface area contributed by atoms with E-state index in [2.05, 4.69) is 0 Å². The Balaban J connectivity index is 3.58. The summed E-state index contributed by atoms with van der Waals surface area (Å²) in [6, 6.07) is 3.90. The van der Waals surface area contributed by atoms with Gasteiger partial charge in [0, 0.05) is 11.1 Å². The fourth-order valence-corrected chi connectivity index (χ4v) is 1.46. The number of rotatable bonds is 2. The molecule has 0 N–H and O–H groups in total. The van der Waals surface area contributed by atoms with Crippen LogP contribution in [0.15, 0.2) is 12.1 Å². The number of nitriles is 1. The highest BCUT2D eigenvalue weighted by molar-refractivity contribution is 6.32. The van der Waals surface area contributed by atoms with Crippen molar-refractivity contribution in [1.29, 1.82) is 5.26 Å². The van der Waals surface area contributed by atoms with Crippen molar-refractivity contribution in [3.63, 3.8) is 0 Å². The van der Waals surface area contributed by atoms with E-state index < -0.39 is 17.8 Å². The molecular weight excluding hydrogens is 224 g/mol. The van der Waals surface area contributed by atoms with E-state index in [1.165, 1.54) is 6.07 Å². The fourth-order valence-electron chi connectivity index (χ4n) is 1.26. The third-order valence-electron chi connectivity index (χ3n) is 1.89. The first-order valence-corrected chi connectivity index (χ1v) is 4.38. The van der Waals surface area contributed by atoms with Gasteiger partial charge in [-0.3, -0.25) is 4.79 Å². The van der Waals surface area contributed by atoms with E-state index in [1.54, 1.807) is 6.07 Å². The van der Waals surface area contributed by atoms with Gasteiger partial charge in [-0.05, 0) is 13.0 Å². The standard InChI is InChI=1S/C10H6ClF2NO/c1-5(15)9-6(10(12)13)2-3-8(11)7(9)4-14/h2-3,10H,1H3. The number of hydrogen-bond donors (Lipinski definition) is 0. The SMILES string of the molecule is CC(=O)c1c(C(F)F)ccc(Cl)c1C#N. The lowest BCUT2D eigenvalue weighted by Gasteiger charge is -2.08. The molecule has 0 saturated carbocycles. The number of nitrogens with zero attached hydrogens (tertiary/aromatic N) is 1. The van der Waals surface area contributed by atoms with Crippen molar-refractivity contribution in [3.8, 4) is 6.07 Å². The second-order valence-electron chi connectivity index (χ2n) is 2.86. The Bertz CT molecular complexity index is 451. The minimum Gasteiger partial charge on any atom is -0.294 e. The second kappa shape index (κ2) is 4.37. The van der Waals surface area contributed by atoms with Gasteiger partial charge in [0.15, 0.2) is 5.78 Å². The molecule has 2 nitrogen and oxygen atoms in total. The van der Waals surface area contributed by atoms with Gasteiger partial charge >= 0.3 is 0 Å². The number of halogens is 3. The van der Waals surface area contributed by atoms with Crippen molar-refractivity contribution >= 4 is 17.4 Å². The zero-order valence-corrected chi connectivity index (χ0v) is 8.48. The highest BCUT2D eigenvalue weighted by atomic mass is 35.5. The predicted molar refractivity (Wildman–Crippen MR) is 51.1 cm³/mol. The Hall–Kier alpha value is -1.47. The normalized spacial score (nSPS) is 10.1. The van der Waals surface area contributed by atoms with Crippen molar-refractivity contribution < 1.29 is 13.6 Å². The maximum atomic E-state index is 12.5. The monoisotopic (exact) mass is 229 g/mol. The lowest BCUT2D eigenvalue weighted by atomic mass is 9.99. The lowest BCUT2D eigenvalue weighted by molar-refractivity contribution is 0.0998. The highest BCUT2D eigenvalue weighted by Gasteiger charge is 2.21. The maximum Gasteiger partial charge on any atom is 0.264 e. The molecule has 0 unspecified atom stereocenters. The van der Waals surface area contributed by atoms with Gasteiger partial charge in [0.25, 0.3) is 6.43 Å². The molecule has 0 aliphatic heterocycles. The molecule has 0 heterocycles. The average molecular weight is 230 g/mol. The number of hydrogen-bond acceptors (Lipinski definition) is 2. The van der Waals surface area contributed by atoms with Gasteiger partial charge in [-0.1, -0.05) is 17.7 Å². The first-order valence-electron chi connectivity index (χ1n) is 4.00. The molecule has 0 aliphatic carbocycles. The topological polar surface area (TPSA) is 40.9 Å². The summed E-state index contributed by atoms with van der Waals surface area (Å²) in [7, 11) is 0. The van der Waals surface area contributed by atoms with Crippen LogP contribution in [0.5, 0.6) is 0 Å². The Morgan fingerprint density at radius 3 is 2.53 bits per heavy atom. The zero-order valence-electron chi connectivity index (χ0n) is 7.72. The summed E-state index contributed by atoms with van der Waals surface area (Å²) in [5, 5.41) is 8.73. The van der Waals surface area contributed by atoms with E-state index in [9.17, 15) is 13.6 Å². The summed E-state index contributed by atoms with van der Waals surface area (Å²) >= 11 is 5.63. The molecule has 78 valence electrons. The molecular formula is C10H6ClF2NO. The first-order chi connectivity index (χ1) is 6.99. The molecule has 0 radical (unpaired) electrons. The Labute approximate surface area is 90.1 Å². The molecule has 1 aromatic rings. The van der Waals surface area contributed by atoms with Gasteiger partial charge in [-0.25, -0.2) is 8.78 Å². The zero-order chi connectivity index (χ0) is 11.6. The van der Waals surface area contributed by atoms with Gasteiger partial charge in [-0.2, -0.15) is 5.26 Å². The van der Waals surface area contributed by atoms with E-state index >= 15 is 0 Å². The number of alkyl halides is 2. The van der Waals surface area contributed by atoms with Crippen molar-refractivity contribution in [2.45, 2.75) is 13.3 Å². The molecule has 15 heavy (non-hydrogen) atoms. The molecule has 0 aromatic heterocycles. The second-order valence-corrected chi connectivity index (χ2v) is 3.26. The number of ketones is 1. The van der Waals surface area contributed by atoms with Crippen LogP contribution in [0, 0.1) is 11.3 Å². The number of Topliss-reactive ketones (excluding diaryl/α,β-unsaturated/α-hetero) is 1. The third kappa shape index (κ3) is 2.13. The third-order valence-corrected chi connectivity index (χ3v) is 2.20. The van der Waals surface area contributed by atoms with Gasteiger partial charge in [-0.15, -0.1) is 0 Å². The minimum absolute atomic E-state index is 0.00657. The van der Waals surface area contributed by atoms with Crippen molar-refractivity contribution in [2.75, 3.05) is 0 Å². The van der Waals surface area contributed by atoms with Crippen LogP contribution in [-0.4, -0.2) is 5.78 Å². The largest absolute Gasteiger partial charge is 0.294 e. The van der Waals surface area contributed by atoms with Crippen molar-refractivity contribution in [1.82, 2.24) is 0 Å². The quantitative estimate of drug-likeness (QED) is 0.730. The van der Waals surface area contributed by atoms with Crippen LogP contribution < -0.4 is 0 Å². The Kier molecular flexibility index (Phi) is 3.38. The lowest BCUT2D eigenvalue weighted by Crippen LogP contribution is -2.04. The summed E-state index contributed by atoms with van der Waals surface area (Å²) in [6.07, 6.45) is -2.80. The first kappa shape index (κ1) is 11.6. The molecule has 0 spiro atoms. The van der Waals surface area contributed by atoms with E-state index in [1.807, 2.05) is 0 Å². The van der Waals surface area contributed by atoms with Crippen LogP contribution in [-0.2, 0) is 0 Å². The minimum atomic E-state index is -2.80. The van der Waals surface area contributed by atoms with Gasteiger partial charge in [0.05, 0.1) is 10.6 Å². The average Bonchev–Trinajstić information content (AvgIpc) is 2.16. The van der Waals surface area contributed by atoms with E-state index in [4.69, 9.17) is 16.9 Å². The van der Waals surface area contributed by atoms with Crippen LogP contribution in [0.2, 0.25) is 5.02 Å². The summed E-state index contributed by atoms with van der Waals surface area (Å²) < 4.78 is 25.1. The van der Waals surface area contributed by atoms with E-state index in [-0.39, 0.29) is 16.1 Å². The highest BCUT2D eigenvalue weighted by Crippen LogP contribution is 2.29. The van der Waals surface area contributed by atoms with Crippen molar-refractivity contribution in [3.05, 3.63) is 33.8 Å². The number of benzene rings is 1. The van der Waals surface area contributed by atoms with Crippen molar-refractivity contribution in [2.24, 2.45) is 0 Å². The maximum absolute atomic E-state index is 12.5. The molecule has 0 fully saturated rings. The summed E-state index contributed by atoms with van der Waals surface area (Å²) in [4.78, 5) is 11.2. The molecule has 0 atom stereocenters. The summed E-state index contributed by atoms with van der Waals surface area (Å²) in [5.74, 6) is -0.593. The van der Waals surface area contributed by atoms with Gasteiger partial charge in [0.2, 0.25) is 0 Å². The predicted octanol–water partition coefficient (Wildman–Crippen LogP) is 3.35. The Morgan fingerprint density at radius 2 is 2.13 bits per heavy atom. The van der Waals surface area contributed by atoms with Crippen LogP contribution in [0.4, 0.5) is 8.78 Å². The van der Waals surface area contributed by atoms with Crippen LogP contribution in [0.25, 0.3) is 0 Å². The smallest absolute Gasteiger partial charge is 0.264 e. The van der Waals surface area contributed by atoms with Gasteiger partial charge < -0.3 is 0 Å². The summed E-state index contributed by atoms with van der Waals surface area (Å²) in [5.41, 5.74) is -0.939. The van der Waals surface area contributed by atoms with E-state index in [0.29, 0.717) is 0 Å².